The quantitative estimate of drug-likeness (QED) is 0.835. The lowest BCUT2D eigenvalue weighted by Crippen LogP contribution is -2.26. The second-order valence-electron chi connectivity index (χ2n) is 4.97. The first kappa shape index (κ1) is 16.1. The van der Waals surface area contributed by atoms with Crippen LogP contribution in [-0.2, 0) is 0 Å². The van der Waals surface area contributed by atoms with Gasteiger partial charge in [-0.05, 0) is 31.0 Å². The maximum absolute atomic E-state index is 13.7. The molecule has 0 saturated carbocycles. The maximum Gasteiger partial charge on any atom is 0.229 e. The fraction of sp³-hybridized carbons (Fsp3) is 0.375. The summed E-state index contributed by atoms with van der Waals surface area (Å²) in [5.74, 6) is -0.202. The molecule has 2 rings (SSSR count). The van der Waals surface area contributed by atoms with E-state index in [0.717, 1.165) is 37.8 Å². The third-order valence-corrected chi connectivity index (χ3v) is 3.13. The highest BCUT2D eigenvalue weighted by atomic mass is 19.1. The van der Waals surface area contributed by atoms with Crippen LogP contribution in [0.1, 0.15) is 26.7 Å². The predicted molar refractivity (Wildman–Crippen MR) is 84.5 cm³/mol. The van der Waals surface area contributed by atoms with Crippen LogP contribution in [0.15, 0.2) is 30.5 Å². The van der Waals surface area contributed by atoms with Crippen LogP contribution in [0.4, 0.5) is 26.2 Å². The molecule has 6 heteroatoms. The number of hydrogen-bond acceptors (Lipinski definition) is 4. The van der Waals surface area contributed by atoms with E-state index in [1.54, 1.807) is 6.20 Å². The first-order valence-electron chi connectivity index (χ1n) is 7.44. The summed E-state index contributed by atoms with van der Waals surface area (Å²) in [6, 6.07) is 5.18. The molecule has 22 heavy (non-hydrogen) atoms. The number of anilines is 3. The normalized spacial score (nSPS) is 10.5. The van der Waals surface area contributed by atoms with Crippen LogP contribution >= 0.6 is 0 Å². The molecule has 0 fully saturated rings. The highest BCUT2D eigenvalue weighted by Gasteiger charge is 2.09. The van der Waals surface area contributed by atoms with Gasteiger partial charge in [-0.25, -0.2) is 13.8 Å². The number of benzene rings is 1. The van der Waals surface area contributed by atoms with Gasteiger partial charge in [-0.3, -0.25) is 0 Å². The minimum Gasteiger partial charge on any atom is -0.356 e. The topological polar surface area (TPSA) is 41.1 Å². The molecule has 0 aliphatic carbocycles. The number of aromatic nitrogens is 2. The molecule has 0 spiro atoms. The van der Waals surface area contributed by atoms with Crippen molar-refractivity contribution in [3.63, 3.8) is 0 Å². The van der Waals surface area contributed by atoms with Gasteiger partial charge in [0.25, 0.3) is 0 Å². The molecule has 4 nitrogen and oxygen atoms in total. The Morgan fingerprint density at radius 1 is 1.09 bits per heavy atom. The maximum atomic E-state index is 13.7. The van der Waals surface area contributed by atoms with Crippen LogP contribution in [-0.4, -0.2) is 23.1 Å². The SMILES string of the molecule is CCCN(CCC)c1ccnc(Nc2ccc(F)cc2F)n1. The molecule has 1 aromatic heterocycles. The smallest absolute Gasteiger partial charge is 0.229 e. The summed E-state index contributed by atoms with van der Waals surface area (Å²) in [5.41, 5.74) is 0.149. The Morgan fingerprint density at radius 3 is 2.45 bits per heavy atom. The summed E-state index contributed by atoms with van der Waals surface area (Å²) < 4.78 is 26.6. The van der Waals surface area contributed by atoms with E-state index in [1.165, 1.54) is 12.1 Å². The van der Waals surface area contributed by atoms with E-state index in [2.05, 4.69) is 34.0 Å². The molecule has 0 bridgehead atoms. The zero-order chi connectivity index (χ0) is 15.9. The van der Waals surface area contributed by atoms with E-state index in [9.17, 15) is 8.78 Å². The van der Waals surface area contributed by atoms with Gasteiger partial charge in [0.1, 0.15) is 17.5 Å². The summed E-state index contributed by atoms with van der Waals surface area (Å²) in [7, 11) is 0. The van der Waals surface area contributed by atoms with Gasteiger partial charge in [-0.15, -0.1) is 0 Å². The molecule has 0 amide bonds. The summed E-state index contributed by atoms with van der Waals surface area (Å²) in [6.45, 7) is 6.01. The monoisotopic (exact) mass is 306 g/mol. The van der Waals surface area contributed by atoms with Crippen LogP contribution in [0.3, 0.4) is 0 Å². The van der Waals surface area contributed by atoms with Gasteiger partial charge in [-0.1, -0.05) is 13.8 Å². The van der Waals surface area contributed by atoms with Crippen molar-refractivity contribution >= 4 is 17.5 Å². The van der Waals surface area contributed by atoms with E-state index in [1.807, 2.05) is 6.07 Å². The van der Waals surface area contributed by atoms with Gasteiger partial charge in [0.15, 0.2) is 0 Å². The summed E-state index contributed by atoms with van der Waals surface area (Å²) in [5, 5.41) is 2.79. The van der Waals surface area contributed by atoms with Crippen molar-refractivity contribution in [1.29, 1.82) is 0 Å². The molecule has 0 unspecified atom stereocenters. The second-order valence-corrected chi connectivity index (χ2v) is 4.97. The van der Waals surface area contributed by atoms with Crippen molar-refractivity contribution in [1.82, 2.24) is 9.97 Å². The first-order valence-corrected chi connectivity index (χ1v) is 7.44. The molecule has 2 aromatic rings. The number of halogens is 2. The van der Waals surface area contributed by atoms with E-state index in [4.69, 9.17) is 0 Å². The van der Waals surface area contributed by atoms with Crippen molar-refractivity contribution in [2.24, 2.45) is 0 Å². The van der Waals surface area contributed by atoms with Gasteiger partial charge >= 0.3 is 0 Å². The van der Waals surface area contributed by atoms with Crippen molar-refractivity contribution in [3.8, 4) is 0 Å². The number of nitrogens with one attached hydrogen (secondary N) is 1. The zero-order valence-electron chi connectivity index (χ0n) is 12.8. The fourth-order valence-corrected chi connectivity index (χ4v) is 2.18. The molecule has 1 N–H and O–H groups in total. The third-order valence-electron chi connectivity index (χ3n) is 3.13. The van der Waals surface area contributed by atoms with Gasteiger partial charge in [0, 0.05) is 25.4 Å². The molecule has 0 atom stereocenters. The molecule has 1 heterocycles. The Balaban J connectivity index is 2.20. The van der Waals surface area contributed by atoms with E-state index in [0.29, 0.717) is 5.95 Å². The number of nitrogens with zero attached hydrogens (tertiary/aromatic N) is 3. The number of rotatable bonds is 7. The largest absolute Gasteiger partial charge is 0.356 e. The summed E-state index contributed by atoms with van der Waals surface area (Å²) in [6.07, 6.45) is 3.66. The fourth-order valence-electron chi connectivity index (χ4n) is 2.18. The Hall–Kier alpha value is -2.24. The third kappa shape index (κ3) is 4.13. The highest BCUT2D eigenvalue weighted by molar-refractivity contribution is 5.55. The van der Waals surface area contributed by atoms with Crippen molar-refractivity contribution in [2.75, 3.05) is 23.3 Å². The standard InChI is InChI=1S/C16H20F2N4/c1-3-9-22(10-4-2)15-7-8-19-16(21-15)20-14-6-5-12(17)11-13(14)18/h5-8,11H,3-4,9-10H2,1-2H3,(H,19,20,21). The lowest BCUT2D eigenvalue weighted by molar-refractivity contribution is 0.586. The van der Waals surface area contributed by atoms with Gasteiger partial charge in [0.05, 0.1) is 5.69 Å². The average Bonchev–Trinajstić information content (AvgIpc) is 2.50. The lowest BCUT2D eigenvalue weighted by atomic mass is 10.3. The van der Waals surface area contributed by atoms with Crippen LogP contribution < -0.4 is 10.2 Å². The van der Waals surface area contributed by atoms with Crippen LogP contribution in [0.25, 0.3) is 0 Å². The molecule has 0 saturated heterocycles. The summed E-state index contributed by atoms with van der Waals surface area (Å²) >= 11 is 0. The highest BCUT2D eigenvalue weighted by Crippen LogP contribution is 2.20. The average molecular weight is 306 g/mol. The van der Waals surface area contributed by atoms with Crippen molar-refractivity contribution in [2.45, 2.75) is 26.7 Å². The van der Waals surface area contributed by atoms with Gasteiger partial charge in [-0.2, -0.15) is 4.98 Å². The Morgan fingerprint density at radius 2 is 1.82 bits per heavy atom. The zero-order valence-corrected chi connectivity index (χ0v) is 12.8. The molecular formula is C16H20F2N4. The summed E-state index contributed by atoms with van der Waals surface area (Å²) in [4.78, 5) is 10.7. The minimum absolute atomic E-state index is 0.149. The van der Waals surface area contributed by atoms with Gasteiger partial charge < -0.3 is 10.2 Å². The minimum atomic E-state index is -0.673. The van der Waals surface area contributed by atoms with Crippen molar-refractivity contribution < 1.29 is 8.78 Å². The Kier molecular flexibility index (Phi) is 5.63. The predicted octanol–water partition coefficient (Wildman–Crippen LogP) is 4.12. The number of hydrogen-bond donors (Lipinski definition) is 1. The van der Waals surface area contributed by atoms with E-state index >= 15 is 0 Å². The van der Waals surface area contributed by atoms with E-state index < -0.39 is 11.6 Å². The van der Waals surface area contributed by atoms with Crippen LogP contribution in [0.2, 0.25) is 0 Å². The molecule has 118 valence electrons. The first-order chi connectivity index (χ1) is 10.6. The molecule has 0 aliphatic rings. The molecule has 1 aromatic carbocycles. The molecular weight excluding hydrogens is 286 g/mol. The van der Waals surface area contributed by atoms with Crippen molar-refractivity contribution in [3.05, 3.63) is 42.1 Å². The Labute approximate surface area is 129 Å². The molecule has 0 aliphatic heterocycles. The van der Waals surface area contributed by atoms with E-state index in [-0.39, 0.29) is 5.69 Å². The molecule has 0 radical (unpaired) electrons. The lowest BCUT2D eigenvalue weighted by Gasteiger charge is -2.22. The van der Waals surface area contributed by atoms with Crippen LogP contribution in [0, 0.1) is 11.6 Å². The van der Waals surface area contributed by atoms with Crippen LogP contribution in [0.5, 0.6) is 0 Å². The van der Waals surface area contributed by atoms with Gasteiger partial charge in [0.2, 0.25) is 5.95 Å². The second kappa shape index (κ2) is 7.68. The Bertz CT molecular complexity index is 613.